The Morgan fingerprint density at radius 3 is 2.11 bits per heavy atom. The topological polar surface area (TPSA) is 27.7 Å². The molecule has 2 atom stereocenters. The Morgan fingerprint density at radius 2 is 1.74 bits per heavy atom. The molecule has 1 saturated carbocycles. The van der Waals surface area contributed by atoms with Gasteiger partial charge in [-0.1, -0.05) is 12.2 Å². The van der Waals surface area contributed by atoms with Crippen LogP contribution in [0.15, 0.2) is 12.2 Å². The van der Waals surface area contributed by atoms with Gasteiger partial charge in [0.15, 0.2) is 0 Å². The summed E-state index contributed by atoms with van der Waals surface area (Å²) in [6.07, 6.45) is 10.1. The van der Waals surface area contributed by atoms with Crippen LogP contribution >= 0.6 is 0 Å². The summed E-state index contributed by atoms with van der Waals surface area (Å²) in [6, 6.07) is 0.958. The molecule has 0 saturated heterocycles. The van der Waals surface area contributed by atoms with E-state index in [2.05, 4.69) is 12.2 Å². The lowest BCUT2D eigenvalue weighted by atomic mass is 9.85. The van der Waals surface area contributed by atoms with Crippen molar-refractivity contribution in [3.63, 3.8) is 0 Å². The van der Waals surface area contributed by atoms with Gasteiger partial charge >= 0.3 is 8.80 Å². The highest BCUT2D eigenvalue weighted by atomic mass is 28.4. The lowest BCUT2D eigenvalue weighted by Crippen LogP contribution is -2.46. The average Bonchev–Trinajstić information content (AvgIpc) is 2.98. The molecule has 0 spiro atoms. The van der Waals surface area contributed by atoms with E-state index in [4.69, 9.17) is 13.3 Å². The third kappa shape index (κ3) is 3.48. The molecule has 0 aromatic carbocycles. The first-order valence-electron chi connectivity index (χ1n) is 7.79. The van der Waals surface area contributed by atoms with E-state index in [9.17, 15) is 0 Å². The van der Waals surface area contributed by atoms with Crippen molar-refractivity contribution < 1.29 is 13.3 Å². The Balaban J connectivity index is 1.96. The van der Waals surface area contributed by atoms with Gasteiger partial charge in [-0.25, -0.2) is 0 Å². The summed E-state index contributed by atoms with van der Waals surface area (Å²) in [5.74, 6) is 0.836. The molecule has 0 radical (unpaired) electrons. The van der Waals surface area contributed by atoms with Gasteiger partial charge in [0.25, 0.3) is 0 Å². The molecule has 0 aromatic heterocycles. The molecule has 2 bridgehead atoms. The third-order valence-electron chi connectivity index (χ3n) is 4.43. The van der Waals surface area contributed by atoms with Gasteiger partial charge in [-0.15, -0.1) is 0 Å². The molecule has 2 aliphatic carbocycles. The zero-order chi connectivity index (χ0) is 13.8. The molecule has 2 unspecified atom stereocenters. The number of rotatable bonds is 9. The third-order valence-corrected chi connectivity index (χ3v) is 7.47. The Labute approximate surface area is 118 Å². The van der Waals surface area contributed by atoms with Crippen molar-refractivity contribution in [1.82, 2.24) is 0 Å². The zero-order valence-corrected chi connectivity index (χ0v) is 13.6. The summed E-state index contributed by atoms with van der Waals surface area (Å²) in [4.78, 5) is 0. The molecule has 19 heavy (non-hydrogen) atoms. The van der Waals surface area contributed by atoms with Crippen molar-refractivity contribution in [2.75, 3.05) is 19.8 Å². The number of hydrogen-bond acceptors (Lipinski definition) is 3. The summed E-state index contributed by atoms with van der Waals surface area (Å²) in [6.45, 7) is 8.12. The Hall–Kier alpha value is -0.163. The Kier molecular flexibility index (Phi) is 5.23. The van der Waals surface area contributed by atoms with Crippen molar-refractivity contribution in [3.05, 3.63) is 12.2 Å². The van der Waals surface area contributed by atoms with Crippen LogP contribution in [0.1, 0.15) is 46.5 Å². The maximum atomic E-state index is 5.94. The first kappa shape index (κ1) is 15.2. The molecule has 0 amide bonds. The molecule has 1 fully saturated rings. The SMILES string of the molecule is CCO[Si](CCC12C=CC(CC1)C2)(OCC)OCC. The minimum Gasteiger partial charge on any atom is -0.374 e. The monoisotopic (exact) mass is 284 g/mol. The molecule has 110 valence electrons. The first-order chi connectivity index (χ1) is 9.17. The van der Waals surface area contributed by atoms with E-state index in [0.717, 1.165) is 18.4 Å². The second-order valence-corrected chi connectivity index (χ2v) is 8.44. The molecule has 0 N–H and O–H groups in total. The minimum absolute atomic E-state index is 0.425. The molecule has 0 aromatic rings. The van der Waals surface area contributed by atoms with Crippen molar-refractivity contribution in [2.24, 2.45) is 11.3 Å². The normalized spacial score (nSPS) is 29.3. The van der Waals surface area contributed by atoms with Crippen LogP contribution < -0.4 is 0 Å². The molecule has 4 heteroatoms. The Morgan fingerprint density at radius 1 is 1.11 bits per heavy atom. The van der Waals surface area contributed by atoms with Gasteiger partial charge in [-0.2, -0.15) is 0 Å². The first-order valence-corrected chi connectivity index (χ1v) is 9.72. The van der Waals surface area contributed by atoms with E-state index >= 15 is 0 Å². The molecular formula is C15H28O3Si. The smallest absolute Gasteiger partial charge is 0.374 e. The van der Waals surface area contributed by atoms with E-state index in [0.29, 0.717) is 25.2 Å². The van der Waals surface area contributed by atoms with Gasteiger partial charge in [-0.05, 0) is 57.8 Å². The van der Waals surface area contributed by atoms with Crippen molar-refractivity contribution in [3.8, 4) is 0 Å². The minimum atomic E-state index is -2.44. The van der Waals surface area contributed by atoms with E-state index in [1.807, 2.05) is 20.8 Å². The van der Waals surface area contributed by atoms with E-state index < -0.39 is 8.80 Å². The van der Waals surface area contributed by atoms with Crippen LogP contribution in [0.25, 0.3) is 0 Å². The fourth-order valence-corrected chi connectivity index (χ4v) is 6.38. The second-order valence-electron chi connectivity index (χ2n) is 5.71. The highest BCUT2D eigenvalue weighted by molar-refractivity contribution is 6.60. The van der Waals surface area contributed by atoms with Crippen molar-refractivity contribution in [1.29, 1.82) is 0 Å². The van der Waals surface area contributed by atoms with Gasteiger partial charge in [0.1, 0.15) is 0 Å². The molecule has 2 rings (SSSR count). The van der Waals surface area contributed by atoms with Crippen molar-refractivity contribution >= 4 is 8.80 Å². The van der Waals surface area contributed by atoms with Gasteiger partial charge in [0.05, 0.1) is 0 Å². The van der Waals surface area contributed by atoms with Gasteiger partial charge < -0.3 is 13.3 Å². The summed E-state index contributed by atoms with van der Waals surface area (Å²) >= 11 is 0. The molecular weight excluding hydrogens is 256 g/mol. The second kappa shape index (κ2) is 6.53. The van der Waals surface area contributed by atoms with Crippen LogP contribution in [0.2, 0.25) is 6.04 Å². The number of allylic oxidation sites excluding steroid dienone is 2. The van der Waals surface area contributed by atoms with Gasteiger partial charge in [0, 0.05) is 25.9 Å². The predicted octanol–water partition coefficient (Wildman–Crippen LogP) is 3.78. The largest absolute Gasteiger partial charge is 0.500 e. The van der Waals surface area contributed by atoms with E-state index in [1.165, 1.54) is 19.3 Å². The lowest BCUT2D eigenvalue weighted by molar-refractivity contribution is 0.0683. The summed E-state index contributed by atoms with van der Waals surface area (Å²) in [7, 11) is -2.44. The zero-order valence-electron chi connectivity index (χ0n) is 12.6. The standard InChI is InChI=1S/C15H28O3Si/c1-4-16-19(17-5-2,18-6-3)12-11-15-9-7-14(13-15)8-10-15/h7,9,14H,4-6,8,10-13H2,1-3H3. The van der Waals surface area contributed by atoms with Crippen molar-refractivity contribution in [2.45, 2.75) is 52.5 Å². The fraction of sp³-hybridized carbons (Fsp3) is 0.867. The van der Waals surface area contributed by atoms with E-state index in [-0.39, 0.29) is 0 Å². The number of hydrogen-bond donors (Lipinski definition) is 0. The molecule has 2 aliphatic rings. The molecule has 0 aliphatic heterocycles. The quantitative estimate of drug-likeness (QED) is 0.476. The predicted molar refractivity (Wildman–Crippen MR) is 79.0 cm³/mol. The highest BCUT2D eigenvalue weighted by Crippen LogP contribution is 2.52. The summed E-state index contributed by atoms with van der Waals surface area (Å²) in [5.41, 5.74) is 0.425. The van der Waals surface area contributed by atoms with Crippen LogP contribution in [0.4, 0.5) is 0 Å². The maximum absolute atomic E-state index is 5.94. The number of fused-ring (bicyclic) bond motifs is 2. The highest BCUT2D eigenvalue weighted by Gasteiger charge is 2.46. The summed E-state index contributed by atoms with van der Waals surface area (Å²) in [5, 5.41) is 0. The summed E-state index contributed by atoms with van der Waals surface area (Å²) < 4.78 is 17.8. The van der Waals surface area contributed by atoms with E-state index in [1.54, 1.807) is 0 Å². The van der Waals surface area contributed by atoms with Gasteiger partial charge in [-0.3, -0.25) is 0 Å². The van der Waals surface area contributed by atoms with Gasteiger partial charge in [0.2, 0.25) is 0 Å². The molecule has 3 nitrogen and oxygen atoms in total. The van der Waals surface area contributed by atoms with Crippen LogP contribution in [-0.4, -0.2) is 28.6 Å². The fourth-order valence-electron chi connectivity index (χ4n) is 3.57. The maximum Gasteiger partial charge on any atom is 0.500 e. The van der Waals surface area contributed by atoms with Crippen LogP contribution in [0.5, 0.6) is 0 Å². The van der Waals surface area contributed by atoms with Crippen LogP contribution in [0, 0.1) is 11.3 Å². The Bertz CT molecular complexity index is 301. The van der Waals surface area contributed by atoms with Crippen LogP contribution in [0.3, 0.4) is 0 Å². The molecule has 0 heterocycles. The lowest BCUT2D eigenvalue weighted by Gasteiger charge is -2.32. The van der Waals surface area contributed by atoms with Crippen LogP contribution in [-0.2, 0) is 13.3 Å². The average molecular weight is 284 g/mol.